The van der Waals surface area contributed by atoms with Crippen molar-refractivity contribution in [2.45, 2.75) is 296 Å². The SMILES string of the molecule is CCC/C=C\C/C=C\CCCCCCCC(=O)OCCCCCCCCCCC/C=C\C/C=C\CCCCCCCCCCCC(=O)NC(CO)C(O)CCCCCCCCCCC. The summed E-state index contributed by atoms with van der Waals surface area (Å²) in [6, 6.07) is -0.544. The molecule has 0 radical (unpaired) electrons. The summed E-state index contributed by atoms with van der Waals surface area (Å²) < 4.78 is 5.46. The van der Waals surface area contributed by atoms with E-state index in [1.807, 2.05) is 0 Å². The van der Waals surface area contributed by atoms with E-state index < -0.39 is 12.1 Å². The Bertz CT molecular complexity index is 1080. The minimum absolute atomic E-state index is 0.00720. The fourth-order valence-corrected chi connectivity index (χ4v) is 8.29. The number of allylic oxidation sites excluding steroid dienone is 8. The number of unbranched alkanes of at least 4 members (excludes halogenated alkanes) is 32. The summed E-state index contributed by atoms with van der Waals surface area (Å²) in [5.41, 5.74) is 0. The molecule has 2 atom stereocenters. The molecule has 0 spiro atoms. The summed E-state index contributed by atoms with van der Waals surface area (Å²) in [6.07, 6.45) is 66.8. The van der Waals surface area contributed by atoms with E-state index in [0.717, 1.165) is 57.8 Å². The molecule has 0 heterocycles. The van der Waals surface area contributed by atoms with Crippen molar-refractivity contribution in [2.24, 2.45) is 0 Å². The number of hydrogen-bond donors (Lipinski definition) is 3. The zero-order valence-electron chi connectivity index (χ0n) is 42.5. The van der Waals surface area contributed by atoms with Crippen molar-refractivity contribution in [1.29, 1.82) is 0 Å². The van der Waals surface area contributed by atoms with Gasteiger partial charge < -0.3 is 20.3 Å². The fraction of sp³-hybridized carbons (Fsp3) is 0.828. The molecule has 0 bridgehead atoms. The van der Waals surface area contributed by atoms with Crippen molar-refractivity contribution in [3.05, 3.63) is 48.6 Å². The smallest absolute Gasteiger partial charge is 0.305 e. The van der Waals surface area contributed by atoms with Crippen molar-refractivity contribution in [3.63, 3.8) is 0 Å². The molecule has 0 aromatic carbocycles. The Hall–Kier alpha value is -2.18. The highest BCUT2D eigenvalue weighted by atomic mass is 16.5. The van der Waals surface area contributed by atoms with Gasteiger partial charge in [-0.15, -0.1) is 0 Å². The van der Waals surface area contributed by atoms with Gasteiger partial charge in [0.05, 0.1) is 25.4 Å². The Balaban J connectivity index is 3.42. The lowest BCUT2D eigenvalue weighted by Crippen LogP contribution is -2.45. The molecule has 0 aliphatic rings. The number of nitrogens with one attached hydrogen (secondary N) is 1. The molecular weight excluding hydrogens is 791 g/mol. The number of carbonyl (C=O) groups is 2. The van der Waals surface area contributed by atoms with Gasteiger partial charge >= 0.3 is 5.97 Å². The molecule has 0 rings (SSSR count). The van der Waals surface area contributed by atoms with Gasteiger partial charge in [0.1, 0.15) is 0 Å². The fourth-order valence-electron chi connectivity index (χ4n) is 8.29. The number of ether oxygens (including phenoxy) is 1. The summed E-state index contributed by atoms with van der Waals surface area (Å²) >= 11 is 0. The largest absolute Gasteiger partial charge is 0.466 e. The summed E-state index contributed by atoms with van der Waals surface area (Å²) in [5.74, 6) is -0.0516. The third-order valence-corrected chi connectivity index (χ3v) is 12.6. The van der Waals surface area contributed by atoms with Gasteiger partial charge in [-0.3, -0.25) is 9.59 Å². The maximum absolute atomic E-state index is 12.4. The zero-order chi connectivity index (χ0) is 46.5. The molecular formula is C58H107NO5. The first-order valence-corrected chi connectivity index (χ1v) is 27.9. The van der Waals surface area contributed by atoms with Crippen LogP contribution in [0, 0.1) is 0 Å². The van der Waals surface area contributed by atoms with Gasteiger partial charge in [0, 0.05) is 12.8 Å². The van der Waals surface area contributed by atoms with E-state index in [0.29, 0.717) is 25.9 Å². The quantitative estimate of drug-likeness (QED) is 0.0321. The molecule has 0 aliphatic heterocycles. The van der Waals surface area contributed by atoms with Crippen LogP contribution in [0.15, 0.2) is 48.6 Å². The standard InChI is InChI=1S/C58H107NO5/c1-3-5-7-9-11-13-14-28-32-36-40-44-48-52-58(63)64-53-49-45-41-37-33-30-27-25-23-21-19-17-15-16-18-20-22-24-26-29-31-35-39-43-47-51-57(62)59-55(54-60)56(61)50-46-42-38-34-12-10-8-6-4-2/h7,9,13-14,16-19,55-56,60-61H,3-6,8,10-12,15,20-54H2,1-2H3,(H,59,62)/b9-7-,14-13-,18-16-,19-17-. The first-order chi connectivity index (χ1) is 31.5. The van der Waals surface area contributed by atoms with E-state index in [1.54, 1.807) is 0 Å². The molecule has 64 heavy (non-hydrogen) atoms. The molecule has 2 unspecified atom stereocenters. The Labute approximate surface area is 397 Å². The number of carbonyl (C=O) groups excluding carboxylic acids is 2. The highest BCUT2D eigenvalue weighted by molar-refractivity contribution is 5.76. The maximum Gasteiger partial charge on any atom is 0.305 e. The molecule has 6 nitrogen and oxygen atoms in total. The van der Waals surface area contributed by atoms with Crippen molar-refractivity contribution >= 4 is 11.9 Å². The highest BCUT2D eigenvalue weighted by Gasteiger charge is 2.20. The van der Waals surface area contributed by atoms with Gasteiger partial charge in [-0.1, -0.05) is 236 Å². The number of aliphatic hydroxyl groups is 2. The molecule has 1 amide bonds. The van der Waals surface area contributed by atoms with Crippen molar-refractivity contribution in [2.75, 3.05) is 13.2 Å². The Morgan fingerprint density at radius 1 is 0.438 bits per heavy atom. The second kappa shape index (κ2) is 53.4. The van der Waals surface area contributed by atoms with Crippen LogP contribution in [0.25, 0.3) is 0 Å². The number of amides is 1. The highest BCUT2D eigenvalue weighted by Crippen LogP contribution is 2.16. The van der Waals surface area contributed by atoms with Crippen LogP contribution in [0.4, 0.5) is 0 Å². The van der Waals surface area contributed by atoms with Gasteiger partial charge in [0.25, 0.3) is 0 Å². The minimum Gasteiger partial charge on any atom is -0.466 e. The van der Waals surface area contributed by atoms with Gasteiger partial charge in [-0.25, -0.2) is 0 Å². The number of esters is 1. The molecule has 0 aliphatic carbocycles. The average molecular weight is 898 g/mol. The lowest BCUT2D eigenvalue weighted by molar-refractivity contribution is -0.143. The monoisotopic (exact) mass is 898 g/mol. The molecule has 6 heteroatoms. The molecule has 0 aromatic rings. The van der Waals surface area contributed by atoms with E-state index in [1.165, 1.54) is 193 Å². The van der Waals surface area contributed by atoms with E-state index in [4.69, 9.17) is 4.74 Å². The third kappa shape index (κ3) is 49.3. The summed E-state index contributed by atoms with van der Waals surface area (Å²) in [6.45, 7) is 4.85. The van der Waals surface area contributed by atoms with Crippen LogP contribution >= 0.6 is 0 Å². The average Bonchev–Trinajstić information content (AvgIpc) is 3.29. The van der Waals surface area contributed by atoms with E-state index in [2.05, 4.69) is 67.8 Å². The number of rotatable bonds is 51. The first-order valence-electron chi connectivity index (χ1n) is 27.9. The molecule has 0 aromatic heterocycles. The van der Waals surface area contributed by atoms with Crippen LogP contribution in [0.5, 0.6) is 0 Å². The second-order valence-electron chi connectivity index (χ2n) is 18.9. The van der Waals surface area contributed by atoms with Gasteiger partial charge in [-0.2, -0.15) is 0 Å². The van der Waals surface area contributed by atoms with Crippen LogP contribution < -0.4 is 5.32 Å². The Kier molecular flexibility index (Phi) is 51.6. The van der Waals surface area contributed by atoms with Crippen molar-refractivity contribution < 1.29 is 24.5 Å². The first kappa shape index (κ1) is 61.8. The second-order valence-corrected chi connectivity index (χ2v) is 18.9. The number of aliphatic hydroxyl groups excluding tert-OH is 2. The molecule has 0 saturated carbocycles. The minimum atomic E-state index is -0.666. The van der Waals surface area contributed by atoms with Crippen molar-refractivity contribution in [1.82, 2.24) is 5.32 Å². The molecule has 374 valence electrons. The van der Waals surface area contributed by atoms with Crippen LogP contribution in [0.2, 0.25) is 0 Å². The van der Waals surface area contributed by atoms with Crippen molar-refractivity contribution in [3.8, 4) is 0 Å². The summed E-state index contributed by atoms with van der Waals surface area (Å²) in [7, 11) is 0. The van der Waals surface area contributed by atoms with E-state index in [9.17, 15) is 19.8 Å². The summed E-state index contributed by atoms with van der Waals surface area (Å²) in [5, 5.41) is 23.1. The molecule has 3 N–H and O–H groups in total. The predicted molar refractivity (Wildman–Crippen MR) is 278 cm³/mol. The topological polar surface area (TPSA) is 95.9 Å². The molecule has 0 saturated heterocycles. The van der Waals surface area contributed by atoms with Crippen LogP contribution in [0.1, 0.15) is 284 Å². The van der Waals surface area contributed by atoms with Crippen LogP contribution in [-0.4, -0.2) is 47.4 Å². The van der Waals surface area contributed by atoms with Crippen LogP contribution in [0.3, 0.4) is 0 Å². The third-order valence-electron chi connectivity index (χ3n) is 12.6. The maximum atomic E-state index is 12.4. The van der Waals surface area contributed by atoms with Crippen LogP contribution in [-0.2, 0) is 14.3 Å². The number of hydrogen-bond acceptors (Lipinski definition) is 5. The normalized spacial score (nSPS) is 13.0. The zero-order valence-corrected chi connectivity index (χ0v) is 42.5. The van der Waals surface area contributed by atoms with E-state index >= 15 is 0 Å². The summed E-state index contributed by atoms with van der Waals surface area (Å²) in [4.78, 5) is 24.4. The van der Waals surface area contributed by atoms with E-state index in [-0.39, 0.29) is 18.5 Å². The lowest BCUT2D eigenvalue weighted by atomic mass is 10.0. The van der Waals surface area contributed by atoms with Gasteiger partial charge in [-0.05, 0) is 83.5 Å². The van der Waals surface area contributed by atoms with Gasteiger partial charge in [0.15, 0.2) is 0 Å². The Morgan fingerprint density at radius 2 is 0.812 bits per heavy atom. The Morgan fingerprint density at radius 3 is 1.25 bits per heavy atom. The predicted octanol–water partition coefficient (Wildman–Crippen LogP) is 17.0. The lowest BCUT2D eigenvalue weighted by Gasteiger charge is -2.22. The molecule has 0 fully saturated rings. The van der Waals surface area contributed by atoms with Gasteiger partial charge in [0.2, 0.25) is 5.91 Å².